The fraction of sp³-hybridized carbons (Fsp3) is 0.933. The monoisotopic (exact) mass is 350 g/mol. The summed E-state index contributed by atoms with van der Waals surface area (Å²) >= 11 is 0. The van der Waals surface area contributed by atoms with E-state index in [1.54, 1.807) is 0 Å². The highest BCUT2D eigenvalue weighted by molar-refractivity contribution is 5.53. The van der Waals surface area contributed by atoms with Gasteiger partial charge in [0.1, 0.15) is 0 Å². The summed E-state index contributed by atoms with van der Waals surface area (Å²) in [4.78, 5) is 13.1. The molecular weight excluding hydrogens is 316 g/mol. The Hall–Kier alpha value is -0.970. The minimum Gasteiger partial charge on any atom is -0.450 e. The van der Waals surface area contributed by atoms with Crippen LogP contribution in [0.5, 0.6) is 0 Å². The summed E-state index contributed by atoms with van der Waals surface area (Å²) in [7, 11) is 0. The number of nitrogens with zero attached hydrogens (tertiary/aromatic N) is 2. The second-order valence-electron chi connectivity index (χ2n) is 6.04. The van der Waals surface area contributed by atoms with Gasteiger partial charge < -0.3 is 31.1 Å². The highest BCUT2D eigenvalue weighted by Gasteiger charge is 2.14. The number of carboxylic acid groups (broad SMARTS) is 2. The molecule has 2 fully saturated rings. The molecule has 2 aliphatic heterocycles. The zero-order chi connectivity index (χ0) is 18.4. The van der Waals surface area contributed by atoms with Gasteiger partial charge in [-0.05, 0) is 13.8 Å². The van der Waals surface area contributed by atoms with E-state index in [1.807, 2.05) is 0 Å². The Bertz CT molecular complexity index is 290. The number of aliphatic hydroxyl groups is 2. The molecule has 0 saturated carbocycles. The lowest BCUT2D eigenvalue weighted by Crippen LogP contribution is -2.49. The Labute approximate surface area is 144 Å². The van der Waals surface area contributed by atoms with Gasteiger partial charge in [0.25, 0.3) is 0 Å². The minimum absolute atomic E-state index is 0.284. The lowest BCUT2D eigenvalue weighted by molar-refractivity contribution is 0.137. The average molecular weight is 350 g/mol. The molecule has 6 N–H and O–H groups in total. The van der Waals surface area contributed by atoms with Gasteiger partial charge in [-0.1, -0.05) is 0 Å². The molecule has 0 amide bonds. The predicted molar refractivity (Wildman–Crippen MR) is 92.6 cm³/mol. The summed E-state index contributed by atoms with van der Waals surface area (Å²) < 4.78 is 0. The van der Waals surface area contributed by atoms with E-state index in [0.717, 1.165) is 52.4 Å². The van der Waals surface area contributed by atoms with E-state index in [4.69, 9.17) is 25.2 Å². The number of nitrogens with one attached hydrogen (secondary N) is 2. The van der Waals surface area contributed by atoms with Gasteiger partial charge >= 0.3 is 6.16 Å². The van der Waals surface area contributed by atoms with E-state index < -0.39 is 6.16 Å². The van der Waals surface area contributed by atoms with E-state index in [-0.39, 0.29) is 13.2 Å². The van der Waals surface area contributed by atoms with Crippen LogP contribution in [0.4, 0.5) is 4.79 Å². The normalized spacial score (nSPS) is 25.0. The van der Waals surface area contributed by atoms with Crippen molar-refractivity contribution < 1.29 is 25.2 Å². The van der Waals surface area contributed by atoms with Crippen molar-refractivity contribution in [3.8, 4) is 0 Å². The summed E-state index contributed by atoms with van der Waals surface area (Å²) in [5.41, 5.74) is 0. The number of aliphatic hydroxyl groups excluding tert-OH is 2. The first kappa shape index (κ1) is 23.0. The molecular formula is C15H34N4O5. The van der Waals surface area contributed by atoms with Crippen molar-refractivity contribution in [1.29, 1.82) is 0 Å². The van der Waals surface area contributed by atoms with Gasteiger partial charge in [-0.3, -0.25) is 9.80 Å². The molecule has 2 aliphatic rings. The number of piperazine rings is 2. The van der Waals surface area contributed by atoms with E-state index in [2.05, 4.69) is 34.3 Å². The third kappa shape index (κ3) is 13.5. The van der Waals surface area contributed by atoms with E-state index in [1.165, 1.54) is 0 Å². The van der Waals surface area contributed by atoms with Gasteiger partial charge in [-0.25, -0.2) is 4.79 Å². The highest BCUT2D eigenvalue weighted by atomic mass is 16.6. The van der Waals surface area contributed by atoms with E-state index >= 15 is 0 Å². The molecule has 2 unspecified atom stereocenters. The first-order valence-electron chi connectivity index (χ1n) is 8.44. The zero-order valence-corrected chi connectivity index (χ0v) is 14.8. The van der Waals surface area contributed by atoms with Crippen LogP contribution in [-0.2, 0) is 0 Å². The predicted octanol–water partition coefficient (Wildman–Crippen LogP) is -1.23. The van der Waals surface area contributed by atoms with Crippen molar-refractivity contribution in [1.82, 2.24) is 20.4 Å². The van der Waals surface area contributed by atoms with Gasteiger partial charge in [0.15, 0.2) is 0 Å². The molecule has 0 spiro atoms. The molecule has 9 heteroatoms. The molecule has 0 aliphatic carbocycles. The molecule has 9 nitrogen and oxygen atoms in total. The van der Waals surface area contributed by atoms with Crippen LogP contribution in [-0.4, -0.2) is 114 Å². The maximum atomic E-state index is 8.64. The molecule has 0 aromatic carbocycles. The van der Waals surface area contributed by atoms with Gasteiger partial charge in [0, 0.05) is 64.4 Å². The topological polar surface area (TPSA) is 129 Å². The molecule has 2 saturated heterocycles. The first-order valence-corrected chi connectivity index (χ1v) is 8.44. The lowest BCUT2D eigenvalue weighted by Gasteiger charge is -2.31. The molecule has 2 atom stereocenters. The van der Waals surface area contributed by atoms with Crippen molar-refractivity contribution in [3.63, 3.8) is 0 Å². The van der Waals surface area contributed by atoms with Crippen LogP contribution in [0.25, 0.3) is 0 Å². The number of rotatable bonds is 4. The van der Waals surface area contributed by atoms with Gasteiger partial charge in [-0.15, -0.1) is 0 Å². The quantitative estimate of drug-likeness (QED) is 0.369. The summed E-state index contributed by atoms with van der Waals surface area (Å²) in [6, 6.07) is 1.17. The molecule has 2 heterocycles. The molecule has 0 aromatic heterocycles. The third-order valence-corrected chi connectivity index (χ3v) is 3.74. The van der Waals surface area contributed by atoms with Crippen LogP contribution in [0.3, 0.4) is 0 Å². The van der Waals surface area contributed by atoms with Crippen LogP contribution < -0.4 is 10.6 Å². The van der Waals surface area contributed by atoms with Crippen molar-refractivity contribution in [2.75, 3.05) is 65.6 Å². The maximum absolute atomic E-state index is 8.64. The summed E-state index contributed by atoms with van der Waals surface area (Å²) in [6.45, 7) is 13.0. The fourth-order valence-corrected chi connectivity index (χ4v) is 2.71. The Kier molecular flexibility index (Phi) is 13.8. The minimum atomic E-state index is -1.83. The van der Waals surface area contributed by atoms with Crippen LogP contribution in [0.2, 0.25) is 0 Å². The third-order valence-electron chi connectivity index (χ3n) is 3.74. The van der Waals surface area contributed by atoms with Crippen LogP contribution in [0.15, 0.2) is 0 Å². The Morgan fingerprint density at radius 1 is 0.917 bits per heavy atom. The second kappa shape index (κ2) is 14.4. The fourth-order valence-electron chi connectivity index (χ4n) is 2.71. The number of hydrogen-bond acceptors (Lipinski definition) is 7. The standard InChI is InChI=1S/2C7H16N2O.CH2O3/c2*1-7-6-9(4-5-10)3-2-8-7;2-1(3)4/h2*7-8,10H,2-6H2,1H3;(H2,2,3,4). The Balaban J connectivity index is 0.000000363. The van der Waals surface area contributed by atoms with E-state index in [0.29, 0.717) is 12.1 Å². The van der Waals surface area contributed by atoms with Gasteiger partial charge in [-0.2, -0.15) is 0 Å². The van der Waals surface area contributed by atoms with Crippen molar-refractivity contribution in [2.24, 2.45) is 0 Å². The smallest absolute Gasteiger partial charge is 0.450 e. The summed E-state index contributed by atoms with van der Waals surface area (Å²) in [5.74, 6) is 0. The van der Waals surface area contributed by atoms with Crippen LogP contribution >= 0.6 is 0 Å². The molecule has 0 radical (unpaired) electrons. The zero-order valence-electron chi connectivity index (χ0n) is 14.8. The second-order valence-corrected chi connectivity index (χ2v) is 6.04. The highest BCUT2D eigenvalue weighted by Crippen LogP contribution is 1.97. The molecule has 0 bridgehead atoms. The summed E-state index contributed by atoms with van der Waals surface area (Å²) in [6.07, 6.45) is -1.83. The number of hydrogen-bond donors (Lipinski definition) is 6. The average Bonchev–Trinajstić information content (AvgIpc) is 2.48. The largest absolute Gasteiger partial charge is 0.503 e. The molecule has 0 aromatic rings. The SMILES string of the molecule is CC1CN(CCO)CCN1.CC1CN(CCO)CCN1.O=C(O)O. The Morgan fingerprint density at radius 2 is 1.25 bits per heavy atom. The number of carbonyl (C=O) groups is 1. The van der Waals surface area contributed by atoms with Gasteiger partial charge in [0.2, 0.25) is 0 Å². The molecule has 2 rings (SSSR count). The summed E-state index contributed by atoms with van der Waals surface area (Å²) in [5, 5.41) is 37.9. The van der Waals surface area contributed by atoms with Crippen LogP contribution in [0.1, 0.15) is 13.8 Å². The van der Waals surface area contributed by atoms with Crippen LogP contribution in [0, 0.1) is 0 Å². The molecule has 24 heavy (non-hydrogen) atoms. The van der Waals surface area contributed by atoms with Crippen molar-refractivity contribution >= 4 is 6.16 Å². The van der Waals surface area contributed by atoms with Gasteiger partial charge in [0.05, 0.1) is 13.2 Å². The van der Waals surface area contributed by atoms with Crippen molar-refractivity contribution in [2.45, 2.75) is 25.9 Å². The van der Waals surface area contributed by atoms with Crippen molar-refractivity contribution in [3.05, 3.63) is 0 Å². The maximum Gasteiger partial charge on any atom is 0.503 e. The first-order chi connectivity index (χ1) is 11.4. The Morgan fingerprint density at radius 3 is 1.50 bits per heavy atom. The molecule has 144 valence electrons. The lowest BCUT2D eigenvalue weighted by atomic mass is 10.2. The number of β-amino-alcohol motifs (C(OH)–C–C–N with tert-alkyl or cyclic N) is 2. The van der Waals surface area contributed by atoms with E-state index in [9.17, 15) is 0 Å².